The summed E-state index contributed by atoms with van der Waals surface area (Å²) in [4.78, 5) is 3.69. The predicted molar refractivity (Wildman–Crippen MR) is 48.0 cm³/mol. The zero-order chi connectivity index (χ0) is 11.6. The second kappa shape index (κ2) is 3.84. The second-order valence-corrected chi connectivity index (χ2v) is 2.89. The number of aromatic nitrogens is 3. The highest BCUT2D eigenvalue weighted by Crippen LogP contribution is 2.24. The lowest BCUT2D eigenvalue weighted by molar-refractivity contribution is -0.274. The summed E-state index contributed by atoms with van der Waals surface area (Å²) in [7, 11) is 0. The van der Waals surface area contributed by atoms with Crippen LogP contribution in [0.3, 0.4) is 0 Å². The molecule has 16 heavy (non-hydrogen) atoms. The van der Waals surface area contributed by atoms with Crippen LogP contribution >= 0.6 is 0 Å². The molecular weight excluding hydrogens is 223 g/mol. The molecule has 0 saturated heterocycles. The number of alkyl halides is 3. The molecular formula is C9H6F3N3O. The van der Waals surface area contributed by atoms with Crippen LogP contribution in [0.4, 0.5) is 13.2 Å². The Balaban J connectivity index is 2.27. The SMILES string of the molecule is FC(F)(F)Oc1cccc(-n2cncn2)c1. The van der Waals surface area contributed by atoms with E-state index in [0.717, 1.165) is 0 Å². The molecule has 0 aliphatic rings. The number of nitrogens with zero attached hydrogens (tertiary/aromatic N) is 3. The molecule has 7 heteroatoms. The van der Waals surface area contributed by atoms with Crippen LogP contribution in [-0.2, 0) is 0 Å². The van der Waals surface area contributed by atoms with Crippen molar-refractivity contribution in [3.05, 3.63) is 36.9 Å². The molecule has 0 unspecified atom stereocenters. The highest BCUT2D eigenvalue weighted by Gasteiger charge is 2.31. The molecule has 2 aromatic rings. The van der Waals surface area contributed by atoms with E-state index in [4.69, 9.17) is 0 Å². The average molecular weight is 229 g/mol. The van der Waals surface area contributed by atoms with E-state index in [2.05, 4.69) is 14.8 Å². The molecule has 1 aromatic heterocycles. The summed E-state index contributed by atoms with van der Waals surface area (Å²) in [5.41, 5.74) is 0.444. The number of ether oxygens (including phenoxy) is 1. The minimum atomic E-state index is -4.69. The predicted octanol–water partition coefficient (Wildman–Crippen LogP) is 2.17. The van der Waals surface area contributed by atoms with Gasteiger partial charge in [-0.05, 0) is 12.1 Å². The van der Waals surface area contributed by atoms with E-state index in [9.17, 15) is 13.2 Å². The first-order chi connectivity index (χ1) is 7.54. The lowest BCUT2D eigenvalue weighted by atomic mass is 10.3. The maximum atomic E-state index is 12.0. The van der Waals surface area contributed by atoms with Gasteiger partial charge in [0.05, 0.1) is 5.69 Å². The molecule has 0 amide bonds. The van der Waals surface area contributed by atoms with E-state index >= 15 is 0 Å². The summed E-state index contributed by atoms with van der Waals surface area (Å²) in [5.74, 6) is -0.291. The first kappa shape index (κ1) is 10.5. The van der Waals surface area contributed by atoms with Gasteiger partial charge in [-0.1, -0.05) is 6.07 Å². The largest absolute Gasteiger partial charge is 0.573 e. The summed E-state index contributed by atoms with van der Waals surface area (Å²) in [6, 6.07) is 5.48. The van der Waals surface area contributed by atoms with Crippen molar-refractivity contribution in [2.24, 2.45) is 0 Å². The van der Waals surface area contributed by atoms with Gasteiger partial charge in [-0.25, -0.2) is 9.67 Å². The average Bonchev–Trinajstić information content (AvgIpc) is 2.68. The summed E-state index contributed by atoms with van der Waals surface area (Å²) in [6.07, 6.45) is -2.02. The summed E-state index contributed by atoms with van der Waals surface area (Å²) in [6.45, 7) is 0. The lowest BCUT2D eigenvalue weighted by Crippen LogP contribution is -2.17. The van der Waals surface area contributed by atoms with Crippen LogP contribution in [0, 0.1) is 0 Å². The minimum Gasteiger partial charge on any atom is -0.406 e. The fourth-order valence-corrected chi connectivity index (χ4v) is 1.16. The van der Waals surface area contributed by atoms with Gasteiger partial charge in [0.15, 0.2) is 0 Å². The van der Waals surface area contributed by atoms with E-state index in [-0.39, 0.29) is 5.75 Å². The van der Waals surface area contributed by atoms with Crippen molar-refractivity contribution in [3.8, 4) is 11.4 Å². The molecule has 0 spiro atoms. The molecule has 0 bridgehead atoms. The quantitative estimate of drug-likeness (QED) is 0.792. The van der Waals surface area contributed by atoms with Crippen LogP contribution in [0.5, 0.6) is 5.75 Å². The minimum absolute atomic E-state index is 0.291. The van der Waals surface area contributed by atoms with Crippen molar-refractivity contribution in [1.29, 1.82) is 0 Å². The van der Waals surface area contributed by atoms with Crippen LogP contribution in [0.2, 0.25) is 0 Å². The molecule has 0 fully saturated rings. The molecule has 0 aliphatic heterocycles. The van der Waals surface area contributed by atoms with Crippen LogP contribution in [0.15, 0.2) is 36.9 Å². The first-order valence-electron chi connectivity index (χ1n) is 4.25. The smallest absolute Gasteiger partial charge is 0.406 e. The topological polar surface area (TPSA) is 39.9 Å². The van der Waals surface area contributed by atoms with Crippen molar-refractivity contribution >= 4 is 0 Å². The lowest BCUT2D eigenvalue weighted by Gasteiger charge is -2.09. The monoisotopic (exact) mass is 229 g/mol. The molecule has 1 heterocycles. The van der Waals surface area contributed by atoms with Crippen LogP contribution in [0.1, 0.15) is 0 Å². The number of hydrogen-bond acceptors (Lipinski definition) is 3. The van der Waals surface area contributed by atoms with Gasteiger partial charge in [0, 0.05) is 6.07 Å². The third-order valence-corrected chi connectivity index (χ3v) is 1.73. The number of halogens is 3. The fraction of sp³-hybridized carbons (Fsp3) is 0.111. The molecule has 0 N–H and O–H groups in total. The molecule has 0 aliphatic carbocycles. The van der Waals surface area contributed by atoms with Gasteiger partial charge < -0.3 is 4.74 Å². The normalized spacial score (nSPS) is 11.4. The number of rotatable bonds is 2. The zero-order valence-electron chi connectivity index (χ0n) is 7.85. The molecule has 0 atom stereocenters. The summed E-state index contributed by atoms with van der Waals surface area (Å²) >= 11 is 0. The second-order valence-electron chi connectivity index (χ2n) is 2.89. The van der Waals surface area contributed by atoms with Crippen LogP contribution < -0.4 is 4.74 Å². The highest BCUT2D eigenvalue weighted by molar-refractivity contribution is 5.38. The van der Waals surface area contributed by atoms with Gasteiger partial charge in [0.1, 0.15) is 18.4 Å². The Labute approximate surface area is 88.3 Å². The van der Waals surface area contributed by atoms with Crippen LogP contribution in [0.25, 0.3) is 5.69 Å². The fourth-order valence-electron chi connectivity index (χ4n) is 1.16. The van der Waals surface area contributed by atoms with E-state index in [0.29, 0.717) is 5.69 Å². The molecule has 4 nitrogen and oxygen atoms in total. The van der Waals surface area contributed by atoms with Gasteiger partial charge in [0.2, 0.25) is 0 Å². The highest BCUT2D eigenvalue weighted by atomic mass is 19.4. The third kappa shape index (κ3) is 2.50. The molecule has 0 radical (unpaired) electrons. The molecule has 0 saturated carbocycles. The molecule has 84 valence electrons. The van der Waals surface area contributed by atoms with E-state index in [1.54, 1.807) is 6.07 Å². The maximum absolute atomic E-state index is 12.0. The maximum Gasteiger partial charge on any atom is 0.573 e. The van der Waals surface area contributed by atoms with Crippen molar-refractivity contribution in [1.82, 2.24) is 14.8 Å². The van der Waals surface area contributed by atoms with Crippen molar-refractivity contribution in [3.63, 3.8) is 0 Å². The van der Waals surface area contributed by atoms with E-state index in [1.165, 1.54) is 35.5 Å². The Morgan fingerprint density at radius 3 is 2.69 bits per heavy atom. The Morgan fingerprint density at radius 1 is 1.25 bits per heavy atom. The molecule has 2 rings (SSSR count). The van der Waals surface area contributed by atoms with Gasteiger partial charge in [-0.15, -0.1) is 13.2 Å². The van der Waals surface area contributed by atoms with Crippen molar-refractivity contribution in [2.45, 2.75) is 6.36 Å². The third-order valence-electron chi connectivity index (χ3n) is 1.73. The Morgan fingerprint density at radius 2 is 2.06 bits per heavy atom. The first-order valence-corrected chi connectivity index (χ1v) is 4.25. The molecule has 1 aromatic carbocycles. The Hall–Kier alpha value is -2.05. The summed E-state index contributed by atoms with van der Waals surface area (Å²) in [5, 5.41) is 3.79. The standard InChI is InChI=1S/C9H6F3N3O/c10-9(11,12)16-8-3-1-2-7(4-8)15-6-13-5-14-15/h1-6H. The zero-order valence-corrected chi connectivity index (χ0v) is 7.85. The van der Waals surface area contributed by atoms with Gasteiger partial charge in [0.25, 0.3) is 0 Å². The Kier molecular flexibility index (Phi) is 2.51. The van der Waals surface area contributed by atoms with Crippen LogP contribution in [-0.4, -0.2) is 21.1 Å². The number of hydrogen-bond donors (Lipinski definition) is 0. The van der Waals surface area contributed by atoms with Crippen molar-refractivity contribution in [2.75, 3.05) is 0 Å². The van der Waals surface area contributed by atoms with E-state index in [1.807, 2.05) is 0 Å². The van der Waals surface area contributed by atoms with Gasteiger partial charge in [-0.2, -0.15) is 5.10 Å². The van der Waals surface area contributed by atoms with E-state index < -0.39 is 6.36 Å². The van der Waals surface area contributed by atoms with Crippen molar-refractivity contribution < 1.29 is 17.9 Å². The summed E-state index contributed by atoms with van der Waals surface area (Å²) < 4.78 is 41.0. The number of benzene rings is 1. The van der Waals surface area contributed by atoms with Gasteiger partial charge >= 0.3 is 6.36 Å². The van der Waals surface area contributed by atoms with Gasteiger partial charge in [-0.3, -0.25) is 0 Å². The Bertz CT molecular complexity index is 467.